The summed E-state index contributed by atoms with van der Waals surface area (Å²) in [6.45, 7) is 5.30. The average Bonchev–Trinajstić information content (AvgIpc) is 2.73. The summed E-state index contributed by atoms with van der Waals surface area (Å²) in [7, 11) is 1.67. The van der Waals surface area contributed by atoms with Gasteiger partial charge in [0.1, 0.15) is 0 Å². The Kier molecular flexibility index (Phi) is 4.78. The van der Waals surface area contributed by atoms with Crippen LogP contribution in [0.2, 0.25) is 0 Å². The van der Waals surface area contributed by atoms with Crippen LogP contribution in [0.25, 0.3) is 0 Å². The highest BCUT2D eigenvalue weighted by atomic mass is 16.4. The minimum atomic E-state index is -0.869. The molecule has 0 spiro atoms. The van der Waals surface area contributed by atoms with Gasteiger partial charge in [0.25, 0.3) is 0 Å². The highest BCUT2D eigenvalue weighted by Crippen LogP contribution is 2.24. The van der Waals surface area contributed by atoms with Gasteiger partial charge in [-0.3, -0.25) is 4.79 Å². The number of carbonyl (C=O) groups excluding carboxylic acids is 1. The van der Waals surface area contributed by atoms with E-state index in [1.54, 1.807) is 7.05 Å². The number of hydrogen-bond donors (Lipinski definition) is 1. The van der Waals surface area contributed by atoms with Crippen molar-refractivity contribution >= 4 is 12.0 Å². The number of aliphatic carboxylic acids is 1. The standard InChI is InChI=1S/C12H22N2O3/c1-9(2)10-5-4-7-14(10)12(17)13(3)8-6-11(15)16/h9-10H,4-8H2,1-3H3,(H,15,16). The lowest BCUT2D eigenvalue weighted by atomic mass is 10.0. The molecule has 1 heterocycles. The van der Waals surface area contributed by atoms with Crippen LogP contribution in [0.4, 0.5) is 4.79 Å². The van der Waals surface area contributed by atoms with Crippen molar-refractivity contribution in [3.63, 3.8) is 0 Å². The highest BCUT2D eigenvalue weighted by molar-refractivity contribution is 5.75. The van der Waals surface area contributed by atoms with Crippen LogP contribution in [0.3, 0.4) is 0 Å². The number of carboxylic acids is 1. The molecule has 0 radical (unpaired) electrons. The molecule has 2 amide bonds. The molecule has 1 aliphatic rings. The third-order valence-electron chi connectivity index (χ3n) is 3.30. The van der Waals surface area contributed by atoms with Gasteiger partial charge in [0.15, 0.2) is 0 Å². The van der Waals surface area contributed by atoms with Crippen molar-refractivity contribution in [2.75, 3.05) is 20.1 Å². The molecule has 1 atom stereocenters. The minimum absolute atomic E-state index is 0.00241. The van der Waals surface area contributed by atoms with E-state index in [0.717, 1.165) is 19.4 Å². The van der Waals surface area contributed by atoms with Crippen molar-refractivity contribution in [3.05, 3.63) is 0 Å². The second kappa shape index (κ2) is 5.89. The zero-order valence-corrected chi connectivity index (χ0v) is 10.8. The number of hydrogen-bond acceptors (Lipinski definition) is 2. The number of carbonyl (C=O) groups is 2. The lowest BCUT2D eigenvalue weighted by Crippen LogP contribution is -2.46. The minimum Gasteiger partial charge on any atom is -0.481 e. The maximum Gasteiger partial charge on any atom is 0.320 e. The molecule has 17 heavy (non-hydrogen) atoms. The first-order valence-corrected chi connectivity index (χ1v) is 6.17. The molecule has 5 heteroatoms. The molecule has 0 aromatic rings. The molecule has 1 rings (SSSR count). The van der Waals surface area contributed by atoms with Crippen LogP contribution in [0.5, 0.6) is 0 Å². The number of urea groups is 1. The molecule has 1 N–H and O–H groups in total. The third-order valence-corrected chi connectivity index (χ3v) is 3.30. The normalized spacial score (nSPS) is 19.8. The smallest absolute Gasteiger partial charge is 0.320 e. The van der Waals surface area contributed by atoms with Crippen LogP contribution >= 0.6 is 0 Å². The maximum absolute atomic E-state index is 12.1. The van der Waals surface area contributed by atoms with E-state index in [0.29, 0.717) is 12.0 Å². The molecule has 1 fully saturated rings. The fraction of sp³-hybridized carbons (Fsp3) is 0.833. The fourth-order valence-corrected chi connectivity index (χ4v) is 2.30. The van der Waals surface area contributed by atoms with Gasteiger partial charge >= 0.3 is 12.0 Å². The van der Waals surface area contributed by atoms with Crippen molar-refractivity contribution < 1.29 is 14.7 Å². The van der Waals surface area contributed by atoms with E-state index < -0.39 is 5.97 Å². The number of likely N-dealkylation sites (tertiary alicyclic amines) is 1. The highest BCUT2D eigenvalue weighted by Gasteiger charge is 2.32. The van der Waals surface area contributed by atoms with E-state index in [-0.39, 0.29) is 19.0 Å². The van der Waals surface area contributed by atoms with Crippen LogP contribution < -0.4 is 0 Å². The van der Waals surface area contributed by atoms with Gasteiger partial charge in [-0.05, 0) is 18.8 Å². The summed E-state index contributed by atoms with van der Waals surface area (Å²) < 4.78 is 0. The largest absolute Gasteiger partial charge is 0.481 e. The van der Waals surface area contributed by atoms with E-state index in [9.17, 15) is 9.59 Å². The van der Waals surface area contributed by atoms with Crippen molar-refractivity contribution in [1.82, 2.24) is 9.80 Å². The first-order valence-electron chi connectivity index (χ1n) is 6.17. The quantitative estimate of drug-likeness (QED) is 0.815. The van der Waals surface area contributed by atoms with Gasteiger partial charge in [-0.25, -0.2) is 4.79 Å². The molecule has 0 saturated carbocycles. The van der Waals surface area contributed by atoms with Crippen molar-refractivity contribution in [2.45, 2.75) is 39.2 Å². The predicted octanol–water partition coefficient (Wildman–Crippen LogP) is 1.63. The van der Waals surface area contributed by atoms with Crippen LogP contribution in [-0.2, 0) is 4.79 Å². The van der Waals surface area contributed by atoms with Crippen molar-refractivity contribution in [2.24, 2.45) is 5.92 Å². The Morgan fingerprint density at radius 2 is 2.12 bits per heavy atom. The van der Waals surface area contributed by atoms with Gasteiger partial charge in [0.2, 0.25) is 0 Å². The number of amides is 2. The van der Waals surface area contributed by atoms with Gasteiger partial charge in [0.05, 0.1) is 6.42 Å². The Morgan fingerprint density at radius 3 is 2.65 bits per heavy atom. The molecular weight excluding hydrogens is 220 g/mol. The van der Waals surface area contributed by atoms with Gasteiger partial charge in [-0.2, -0.15) is 0 Å². The molecule has 0 aromatic carbocycles. The first kappa shape index (κ1) is 13.8. The van der Waals surface area contributed by atoms with Gasteiger partial charge in [-0.1, -0.05) is 13.8 Å². The maximum atomic E-state index is 12.1. The van der Waals surface area contributed by atoms with Gasteiger partial charge < -0.3 is 14.9 Å². The Balaban J connectivity index is 2.53. The Morgan fingerprint density at radius 1 is 1.47 bits per heavy atom. The Bertz CT molecular complexity index is 291. The summed E-state index contributed by atoms with van der Waals surface area (Å²) >= 11 is 0. The zero-order chi connectivity index (χ0) is 13.0. The Hall–Kier alpha value is -1.26. The second-order valence-electron chi connectivity index (χ2n) is 4.99. The molecule has 1 unspecified atom stereocenters. The molecule has 98 valence electrons. The molecule has 0 aliphatic carbocycles. The average molecular weight is 242 g/mol. The lowest BCUT2D eigenvalue weighted by Gasteiger charge is -2.31. The molecular formula is C12H22N2O3. The summed E-state index contributed by atoms with van der Waals surface area (Å²) in [5, 5.41) is 8.60. The van der Waals surface area contributed by atoms with Crippen molar-refractivity contribution in [1.29, 1.82) is 0 Å². The number of rotatable bonds is 4. The van der Waals surface area contributed by atoms with E-state index in [1.807, 2.05) is 4.90 Å². The monoisotopic (exact) mass is 242 g/mol. The predicted molar refractivity (Wildman–Crippen MR) is 64.8 cm³/mol. The van der Waals surface area contributed by atoms with Crippen LogP contribution in [0.1, 0.15) is 33.1 Å². The van der Waals surface area contributed by atoms with Crippen LogP contribution in [0, 0.1) is 5.92 Å². The van der Waals surface area contributed by atoms with E-state index in [2.05, 4.69) is 13.8 Å². The molecule has 1 aliphatic heterocycles. The molecule has 5 nitrogen and oxygen atoms in total. The fourth-order valence-electron chi connectivity index (χ4n) is 2.30. The van der Waals surface area contributed by atoms with Gasteiger partial charge in [0, 0.05) is 26.2 Å². The Labute approximate surface area is 102 Å². The van der Waals surface area contributed by atoms with Crippen molar-refractivity contribution in [3.8, 4) is 0 Å². The van der Waals surface area contributed by atoms with E-state index in [1.165, 1.54) is 4.90 Å². The van der Waals surface area contributed by atoms with E-state index >= 15 is 0 Å². The zero-order valence-electron chi connectivity index (χ0n) is 10.8. The second-order valence-corrected chi connectivity index (χ2v) is 4.99. The van der Waals surface area contributed by atoms with Crippen LogP contribution in [-0.4, -0.2) is 53.1 Å². The molecule has 1 saturated heterocycles. The summed E-state index contributed by atoms with van der Waals surface area (Å²) in [6, 6.07) is 0.261. The number of nitrogens with zero attached hydrogens (tertiary/aromatic N) is 2. The summed E-state index contributed by atoms with van der Waals surface area (Å²) in [5.74, 6) is -0.416. The SMILES string of the molecule is CC(C)C1CCCN1C(=O)N(C)CCC(=O)O. The summed E-state index contributed by atoms with van der Waals surface area (Å²) in [5.41, 5.74) is 0. The number of carboxylic acid groups (broad SMARTS) is 1. The van der Waals surface area contributed by atoms with Gasteiger partial charge in [-0.15, -0.1) is 0 Å². The summed E-state index contributed by atoms with van der Waals surface area (Å²) in [6.07, 6.45) is 2.10. The topological polar surface area (TPSA) is 60.9 Å². The lowest BCUT2D eigenvalue weighted by molar-refractivity contribution is -0.137. The summed E-state index contributed by atoms with van der Waals surface area (Å²) in [4.78, 5) is 26.0. The third kappa shape index (κ3) is 3.61. The van der Waals surface area contributed by atoms with E-state index in [4.69, 9.17) is 5.11 Å². The van der Waals surface area contributed by atoms with Crippen LogP contribution in [0.15, 0.2) is 0 Å². The molecule has 0 bridgehead atoms. The molecule has 0 aromatic heterocycles. The first-order chi connectivity index (χ1) is 7.93.